The van der Waals surface area contributed by atoms with E-state index in [0.717, 1.165) is 83.9 Å². The number of furan rings is 1. The van der Waals surface area contributed by atoms with Crippen molar-refractivity contribution in [3.63, 3.8) is 0 Å². The molecule has 0 N–H and O–H groups in total. The number of hydrogen-bond donors (Lipinski definition) is 0. The maximum atomic E-state index is 7.41. The topological polar surface area (TPSA) is 26.2 Å². The second-order valence-corrected chi connectivity index (χ2v) is 16.0. The summed E-state index contributed by atoms with van der Waals surface area (Å²) < 4.78 is 12.3. The van der Waals surface area contributed by atoms with Gasteiger partial charge >= 0.3 is 0 Å². The lowest BCUT2D eigenvalue weighted by Crippen LogP contribution is -2.11. The third kappa shape index (κ3) is 4.95. The van der Waals surface area contributed by atoms with Crippen LogP contribution in [0.4, 0.5) is 17.1 Å². The normalized spacial score (nSPS) is 12.2. The summed E-state index contributed by atoms with van der Waals surface area (Å²) in [7, 11) is 0. The lowest BCUT2D eigenvalue weighted by atomic mass is 9.98. The summed E-state index contributed by atoms with van der Waals surface area (Å²) in [6, 6.07) is 80.7. The van der Waals surface area contributed by atoms with E-state index >= 15 is 0 Å². The van der Waals surface area contributed by atoms with Crippen molar-refractivity contribution in [1.29, 1.82) is 0 Å². The van der Waals surface area contributed by atoms with Gasteiger partial charge in [-0.1, -0.05) is 176 Å². The molecule has 62 heavy (non-hydrogen) atoms. The largest absolute Gasteiger partial charge is 0.452 e. The van der Waals surface area contributed by atoms with Crippen LogP contribution in [0.1, 0.15) is 0 Å². The molecule has 0 aliphatic carbocycles. The van der Waals surface area contributed by atoms with Crippen molar-refractivity contribution in [3.05, 3.63) is 224 Å². The van der Waals surface area contributed by atoms with Gasteiger partial charge < -0.3 is 18.5 Å². The Morgan fingerprint density at radius 2 is 0.726 bits per heavy atom. The van der Waals surface area contributed by atoms with Crippen molar-refractivity contribution < 1.29 is 4.42 Å². The van der Waals surface area contributed by atoms with Gasteiger partial charge in [0.25, 0.3) is 0 Å². The zero-order valence-electron chi connectivity index (χ0n) is 33.6. The standard InChI is InChI=1S/C58H37N3O/c1-4-20-38(21-5-1)53-43-26-10-15-33-48(43)60(55(53)39-22-6-2-7-23-39)51-36-18-30-41-42-31-19-37-52(58(42)62-57(41)51)61-49-34-16-12-28-45(49)54-44-27-11-14-32-47(44)59(40-24-8-3-9-25-40)50-35-17-13-29-46(50)56(54)61/h1-37H. The van der Waals surface area contributed by atoms with Gasteiger partial charge in [-0.05, 0) is 59.7 Å². The third-order valence-electron chi connectivity index (χ3n) is 12.7. The average molecular weight is 792 g/mol. The fourth-order valence-corrected chi connectivity index (χ4v) is 10.2. The first kappa shape index (κ1) is 34.5. The predicted molar refractivity (Wildman–Crippen MR) is 257 cm³/mol. The number of hydrogen-bond acceptors (Lipinski definition) is 2. The van der Waals surface area contributed by atoms with Crippen molar-refractivity contribution in [2.24, 2.45) is 0 Å². The smallest absolute Gasteiger partial charge is 0.159 e. The van der Waals surface area contributed by atoms with E-state index in [9.17, 15) is 0 Å². The highest BCUT2D eigenvalue weighted by Gasteiger charge is 2.32. The van der Waals surface area contributed by atoms with E-state index in [1.807, 2.05) is 0 Å². The Balaban J connectivity index is 1.13. The number of anilines is 3. The van der Waals surface area contributed by atoms with E-state index in [4.69, 9.17) is 4.42 Å². The van der Waals surface area contributed by atoms with Gasteiger partial charge in [0.05, 0.1) is 45.2 Å². The van der Waals surface area contributed by atoms with E-state index in [2.05, 4.69) is 238 Å². The molecule has 1 aliphatic rings. The highest BCUT2D eigenvalue weighted by molar-refractivity contribution is 6.16. The summed E-state index contributed by atoms with van der Waals surface area (Å²) in [5.74, 6) is 0. The molecule has 0 unspecified atom stereocenters. The molecule has 12 aromatic rings. The monoisotopic (exact) mass is 791 g/mol. The second kappa shape index (κ2) is 13.6. The molecule has 0 atom stereocenters. The molecule has 0 amide bonds. The van der Waals surface area contributed by atoms with E-state index in [1.54, 1.807) is 0 Å². The van der Waals surface area contributed by atoms with Crippen LogP contribution in [0.25, 0.3) is 99.9 Å². The number of para-hydroxylation sites is 7. The van der Waals surface area contributed by atoms with Crippen molar-refractivity contribution in [2.75, 3.05) is 4.90 Å². The number of benzene rings is 9. The van der Waals surface area contributed by atoms with Gasteiger partial charge in [-0.25, -0.2) is 0 Å². The van der Waals surface area contributed by atoms with Crippen LogP contribution >= 0.6 is 0 Å². The zero-order valence-corrected chi connectivity index (χ0v) is 33.6. The third-order valence-corrected chi connectivity index (χ3v) is 12.7. The molecule has 13 rings (SSSR count). The lowest BCUT2D eigenvalue weighted by Gasteiger charge is -2.27. The van der Waals surface area contributed by atoms with E-state index in [0.29, 0.717) is 0 Å². The summed E-state index contributed by atoms with van der Waals surface area (Å²) in [6.07, 6.45) is 0. The number of rotatable bonds is 5. The Labute approximate surface area is 358 Å². The number of aromatic nitrogens is 2. The Bertz CT molecular complexity index is 3690. The SMILES string of the molecule is c1ccc(-c2c(-c3ccccc3)n(-c3cccc4c3oc3c(-n5c6c(c7ccccc75)-c5ccccc5N(c5ccccc5)c5ccccc5-6)cccc34)c3ccccc23)cc1. The van der Waals surface area contributed by atoms with Crippen molar-refractivity contribution in [2.45, 2.75) is 0 Å². The molecule has 3 aromatic heterocycles. The van der Waals surface area contributed by atoms with Gasteiger partial charge in [-0.15, -0.1) is 0 Å². The van der Waals surface area contributed by atoms with Crippen LogP contribution in [-0.2, 0) is 0 Å². The van der Waals surface area contributed by atoms with Crippen LogP contribution in [0.15, 0.2) is 229 Å². The average Bonchev–Trinajstić information content (AvgIpc) is 3.99. The summed E-state index contributed by atoms with van der Waals surface area (Å²) in [6.45, 7) is 0. The molecular formula is C58H37N3O. The summed E-state index contributed by atoms with van der Waals surface area (Å²) in [5, 5.41) is 4.52. The molecular weight excluding hydrogens is 755 g/mol. The summed E-state index contributed by atoms with van der Waals surface area (Å²) in [4.78, 5) is 2.41. The molecule has 1 aliphatic heterocycles. The van der Waals surface area contributed by atoms with Crippen LogP contribution in [0.5, 0.6) is 0 Å². The minimum atomic E-state index is 0.842. The first-order valence-electron chi connectivity index (χ1n) is 21.2. The Morgan fingerprint density at radius 1 is 0.290 bits per heavy atom. The minimum absolute atomic E-state index is 0.842. The van der Waals surface area contributed by atoms with E-state index < -0.39 is 0 Å². The molecule has 0 fully saturated rings. The minimum Gasteiger partial charge on any atom is -0.452 e. The van der Waals surface area contributed by atoms with E-state index in [-0.39, 0.29) is 0 Å². The molecule has 0 spiro atoms. The fraction of sp³-hybridized carbons (Fsp3) is 0. The molecule has 0 bridgehead atoms. The van der Waals surface area contributed by atoms with Gasteiger partial charge in [-0.3, -0.25) is 0 Å². The maximum absolute atomic E-state index is 7.41. The highest BCUT2D eigenvalue weighted by atomic mass is 16.3. The van der Waals surface area contributed by atoms with Gasteiger partial charge in [0.15, 0.2) is 11.2 Å². The fourth-order valence-electron chi connectivity index (χ4n) is 10.2. The Kier molecular flexibility index (Phi) is 7.57. The molecule has 9 aromatic carbocycles. The lowest BCUT2D eigenvalue weighted by molar-refractivity contribution is 0.663. The van der Waals surface area contributed by atoms with Crippen LogP contribution in [0, 0.1) is 0 Å². The van der Waals surface area contributed by atoms with Crippen molar-refractivity contribution in [1.82, 2.24) is 9.13 Å². The van der Waals surface area contributed by atoms with Crippen LogP contribution < -0.4 is 4.90 Å². The molecule has 0 radical (unpaired) electrons. The quantitative estimate of drug-likeness (QED) is 0.174. The molecule has 0 saturated carbocycles. The molecule has 4 heterocycles. The van der Waals surface area contributed by atoms with Crippen molar-refractivity contribution in [3.8, 4) is 56.1 Å². The molecule has 4 heteroatoms. The predicted octanol–water partition coefficient (Wildman–Crippen LogP) is 15.9. The number of fused-ring (bicyclic) bond motifs is 11. The van der Waals surface area contributed by atoms with Gasteiger partial charge in [-0.2, -0.15) is 0 Å². The summed E-state index contributed by atoms with van der Waals surface area (Å²) in [5.41, 5.74) is 18.6. The highest BCUT2D eigenvalue weighted by Crippen LogP contribution is 2.55. The zero-order chi connectivity index (χ0) is 40.7. The Hall–Kier alpha value is -8.34. The van der Waals surface area contributed by atoms with Crippen molar-refractivity contribution >= 4 is 60.8 Å². The molecule has 290 valence electrons. The van der Waals surface area contributed by atoms with Gasteiger partial charge in [0.1, 0.15) is 0 Å². The molecule has 4 nitrogen and oxygen atoms in total. The van der Waals surface area contributed by atoms with E-state index in [1.165, 1.54) is 33.0 Å². The number of nitrogens with zero attached hydrogens (tertiary/aromatic N) is 3. The van der Waals surface area contributed by atoms with Crippen LogP contribution in [-0.4, -0.2) is 9.13 Å². The van der Waals surface area contributed by atoms with Crippen LogP contribution in [0.3, 0.4) is 0 Å². The van der Waals surface area contributed by atoms with Crippen LogP contribution in [0.2, 0.25) is 0 Å². The Morgan fingerprint density at radius 3 is 1.35 bits per heavy atom. The van der Waals surface area contributed by atoms with Gasteiger partial charge in [0, 0.05) is 49.5 Å². The van der Waals surface area contributed by atoms with Gasteiger partial charge in [0.2, 0.25) is 0 Å². The maximum Gasteiger partial charge on any atom is 0.159 e. The first-order chi connectivity index (χ1) is 30.8. The molecule has 0 saturated heterocycles. The first-order valence-corrected chi connectivity index (χ1v) is 21.2. The second-order valence-electron chi connectivity index (χ2n) is 16.0. The summed E-state index contributed by atoms with van der Waals surface area (Å²) >= 11 is 0.